The second-order valence-electron chi connectivity index (χ2n) is 5.72. The molecule has 2 amide bonds. The highest BCUT2D eigenvalue weighted by Gasteiger charge is 2.17. The average Bonchev–Trinajstić information content (AvgIpc) is 2.60. The molecule has 24 heavy (non-hydrogen) atoms. The van der Waals surface area contributed by atoms with E-state index in [1.165, 1.54) is 7.11 Å². The first-order valence-corrected chi connectivity index (χ1v) is 7.93. The number of aliphatic hydroxyl groups is 1. The van der Waals surface area contributed by atoms with Crippen LogP contribution in [-0.2, 0) is 4.74 Å². The van der Waals surface area contributed by atoms with Crippen molar-refractivity contribution in [3.8, 4) is 0 Å². The summed E-state index contributed by atoms with van der Waals surface area (Å²) >= 11 is 0. The summed E-state index contributed by atoms with van der Waals surface area (Å²) in [6, 6.07) is 17.2. The third-order valence-electron chi connectivity index (χ3n) is 3.68. The summed E-state index contributed by atoms with van der Waals surface area (Å²) in [6.45, 7) is 2.34. The van der Waals surface area contributed by atoms with E-state index in [4.69, 9.17) is 4.74 Å². The minimum atomic E-state index is -0.727. The Hall–Kier alpha value is -2.37. The molecule has 2 aromatic carbocycles. The Morgan fingerprint density at radius 2 is 1.71 bits per heavy atom. The lowest BCUT2D eigenvalue weighted by Gasteiger charge is -2.21. The molecule has 0 saturated heterocycles. The Bertz CT molecular complexity index is 629. The molecule has 0 heterocycles. The number of carbonyl (C=O) groups excluding carboxylic acids is 1. The molecule has 0 aromatic heterocycles. The van der Waals surface area contributed by atoms with Crippen molar-refractivity contribution in [2.24, 2.45) is 0 Å². The number of urea groups is 1. The molecule has 2 aromatic rings. The summed E-state index contributed by atoms with van der Waals surface area (Å²) < 4.78 is 4.85. The number of aliphatic hydroxyl groups excluding tert-OH is 1. The monoisotopic (exact) mass is 328 g/mol. The van der Waals surface area contributed by atoms with Gasteiger partial charge in [-0.2, -0.15) is 0 Å². The summed E-state index contributed by atoms with van der Waals surface area (Å²) in [5.74, 6) is 0. The van der Waals surface area contributed by atoms with Crippen molar-refractivity contribution in [1.29, 1.82) is 0 Å². The van der Waals surface area contributed by atoms with Gasteiger partial charge in [-0.1, -0.05) is 60.2 Å². The molecule has 128 valence electrons. The Morgan fingerprint density at radius 3 is 2.33 bits per heavy atom. The molecule has 0 fully saturated rings. The van der Waals surface area contributed by atoms with Crippen LogP contribution in [0.5, 0.6) is 0 Å². The van der Waals surface area contributed by atoms with Gasteiger partial charge in [0.1, 0.15) is 0 Å². The van der Waals surface area contributed by atoms with Crippen molar-refractivity contribution >= 4 is 6.03 Å². The average molecular weight is 328 g/mol. The molecule has 0 saturated carbocycles. The first-order valence-electron chi connectivity index (χ1n) is 7.93. The number of methoxy groups -OCH3 is 1. The molecule has 0 radical (unpaired) electrons. The maximum absolute atomic E-state index is 12.2. The standard InChI is InChI=1S/C19H24N2O3/c1-14-8-10-16(11-9-14)18(15-6-4-3-5-7-15)21-19(23)20-12-17(22)13-24-2/h3-11,17-18,22H,12-13H2,1-2H3,(H2,20,21,23). The van der Waals surface area contributed by atoms with Crippen molar-refractivity contribution in [3.05, 3.63) is 71.3 Å². The molecule has 3 N–H and O–H groups in total. The smallest absolute Gasteiger partial charge is 0.315 e. The van der Waals surface area contributed by atoms with Gasteiger partial charge in [0.25, 0.3) is 0 Å². The van der Waals surface area contributed by atoms with Crippen LogP contribution < -0.4 is 10.6 Å². The number of hydrogen-bond acceptors (Lipinski definition) is 3. The number of rotatable bonds is 7. The normalized spacial score (nSPS) is 13.1. The van der Waals surface area contributed by atoms with E-state index < -0.39 is 6.10 Å². The molecule has 0 aliphatic carbocycles. The highest BCUT2D eigenvalue weighted by atomic mass is 16.5. The molecule has 2 atom stereocenters. The van der Waals surface area contributed by atoms with E-state index in [1.807, 2.05) is 61.5 Å². The van der Waals surface area contributed by atoms with Crippen LogP contribution in [0.4, 0.5) is 4.79 Å². The van der Waals surface area contributed by atoms with Crippen molar-refractivity contribution in [1.82, 2.24) is 10.6 Å². The minimum absolute atomic E-state index is 0.134. The molecule has 2 unspecified atom stereocenters. The predicted octanol–water partition coefficient (Wildman–Crippen LogP) is 2.39. The number of benzene rings is 2. The van der Waals surface area contributed by atoms with Gasteiger partial charge < -0.3 is 20.5 Å². The molecule has 5 heteroatoms. The molecule has 0 aliphatic heterocycles. The second kappa shape index (κ2) is 9.05. The number of hydrogen-bond donors (Lipinski definition) is 3. The van der Waals surface area contributed by atoms with E-state index in [9.17, 15) is 9.90 Å². The molecule has 2 rings (SSSR count). The van der Waals surface area contributed by atoms with Crippen LogP contribution in [0.3, 0.4) is 0 Å². The third-order valence-corrected chi connectivity index (χ3v) is 3.68. The molecular weight excluding hydrogens is 304 g/mol. The summed E-state index contributed by atoms with van der Waals surface area (Å²) in [4.78, 5) is 12.2. The fourth-order valence-corrected chi connectivity index (χ4v) is 2.41. The minimum Gasteiger partial charge on any atom is -0.389 e. The van der Waals surface area contributed by atoms with Gasteiger partial charge >= 0.3 is 6.03 Å². The van der Waals surface area contributed by atoms with E-state index >= 15 is 0 Å². The quantitative estimate of drug-likeness (QED) is 0.731. The summed E-state index contributed by atoms with van der Waals surface area (Å²) in [7, 11) is 1.51. The highest BCUT2D eigenvalue weighted by Crippen LogP contribution is 2.22. The van der Waals surface area contributed by atoms with E-state index in [0.717, 1.165) is 16.7 Å². The van der Waals surface area contributed by atoms with E-state index in [2.05, 4.69) is 10.6 Å². The van der Waals surface area contributed by atoms with Gasteiger partial charge in [0, 0.05) is 13.7 Å². The summed E-state index contributed by atoms with van der Waals surface area (Å²) in [6.07, 6.45) is -0.727. The van der Waals surface area contributed by atoms with Crippen LogP contribution >= 0.6 is 0 Å². The summed E-state index contributed by atoms with van der Waals surface area (Å²) in [5, 5.41) is 15.3. The predicted molar refractivity (Wildman–Crippen MR) is 93.9 cm³/mol. The van der Waals surface area contributed by atoms with Crippen LogP contribution in [0.25, 0.3) is 0 Å². The maximum atomic E-state index is 12.2. The maximum Gasteiger partial charge on any atom is 0.315 e. The van der Waals surface area contributed by atoms with Gasteiger partial charge in [-0.3, -0.25) is 0 Å². The molecule has 0 aliphatic rings. The van der Waals surface area contributed by atoms with Gasteiger partial charge in [-0.15, -0.1) is 0 Å². The SMILES string of the molecule is COCC(O)CNC(=O)NC(c1ccccc1)c1ccc(C)cc1. The zero-order chi connectivity index (χ0) is 17.4. The van der Waals surface area contributed by atoms with Gasteiger partial charge in [0.15, 0.2) is 0 Å². The van der Waals surface area contributed by atoms with E-state index in [-0.39, 0.29) is 25.2 Å². The number of nitrogens with one attached hydrogen (secondary N) is 2. The highest BCUT2D eigenvalue weighted by molar-refractivity contribution is 5.75. The Labute approximate surface area is 142 Å². The van der Waals surface area contributed by atoms with Gasteiger partial charge in [0.05, 0.1) is 18.8 Å². The topological polar surface area (TPSA) is 70.6 Å². The zero-order valence-corrected chi connectivity index (χ0v) is 14.0. The Kier molecular flexibility index (Phi) is 6.78. The van der Waals surface area contributed by atoms with Crippen molar-refractivity contribution < 1.29 is 14.6 Å². The van der Waals surface area contributed by atoms with Gasteiger partial charge in [-0.25, -0.2) is 4.79 Å². The largest absolute Gasteiger partial charge is 0.389 e. The number of aryl methyl sites for hydroxylation is 1. The van der Waals surface area contributed by atoms with Crippen LogP contribution in [0.15, 0.2) is 54.6 Å². The van der Waals surface area contributed by atoms with Crippen LogP contribution in [0.1, 0.15) is 22.7 Å². The third kappa shape index (κ3) is 5.37. The lowest BCUT2D eigenvalue weighted by Crippen LogP contribution is -2.42. The number of amides is 2. The zero-order valence-electron chi connectivity index (χ0n) is 14.0. The van der Waals surface area contributed by atoms with Gasteiger partial charge in [-0.05, 0) is 18.1 Å². The van der Waals surface area contributed by atoms with Crippen molar-refractivity contribution in [3.63, 3.8) is 0 Å². The lowest BCUT2D eigenvalue weighted by atomic mass is 9.98. The lowest BCUT2D eigenvalue weighted by molar-refractivity contribution is 0.0659. The Morgan fingerprint density at radius 1 is 1.08 bits per heavy atom. The molecule has 5 nitrogen and oxygen atoms in total. The fourth-order valence-electron chi connectivity index (χ4n) is 2.41. The number of carbonyl (C=O) groups is 1. The van der Waals surface area contributed by atoms with E-state index in [0.29, 0.717) is 0 Å². The summed E-state index contributed by atoms with van der Waals surface area (Å²) in [5.41, 5.74) is 3.16. The first-order chi connectivity index (χ1) is 11.6. The number of ether oxygens (including phenoxy) is 1. The molecule has 0 bridgehead atoms. The Balaban J connectivity index is 2.09. The second-order valence-corrected chi connectivity index (χ2v) is 5.72. The molecular formula is C19H24N2O3. The van der Waals surface area contributed by atoms with Crippen molar-refractivity contribution in [2.75, 3.05) is 20.3 Å². The van der Waals surface area contributed by atoms with Gasteiger partial charge in [0.2, 0.25) is 0 Å². The molecule has 0 spiro atoms. The van der Waals surface area contributed by atoms with Crippen LogP contribution in [0.2, 0.25) is 0 Å². The first kappa shape index (κ1) is 18.0. The van der Waals surface area contributed by atoms with Crippen LogP contribution in [0, 0.1) is 6.92 Å². The van der Waals surface area contributed by atoms with Crippen LogP contribution in [-0.4, -0.2) is 37.5 Å². The van der Waals surface area contributed by atoms with Crippen molar-refractivity contribution in [2.45, 2.75) is 19.1 Å². The fraction of sp³-hybridized carbons (Fsp3) is 0.316. The van der Waals surface area contributed by atoms with E-state index in [1.54, 1.807) is 0 Å².